The molecule has 7 nitrogen and oxygen atoms in total. The molecule has 3 aliphatic rings. The minimum absolute atomic E-state index is 0.00150. The van der Waals surface area contributed by atoms with Gasteiger partial charge in [0.1, 0.15) is 0 Å². The molecule has 2 aromatic rings. The average Bonchev–Trinajstić information content (AvgIpc) is 3.31. The topological polar surface area (TPSA) is 77.0 Å². The minimum atomic E-state index is -0.273. The molecule has 2 aliphatic heterocycles. The van der Waals surface area contributed by atoms with Crippen LogP contribution in [0.4, 0.5) is 0 Å². The number of hydrogen-bond donors (Lipinski definition) is 2. The molecule has 0 bridgehead atoms. The van der Waals surface area contributed by atoms with Gasteiger partial charge < -0.3 is 15.1 Å². The Morgan fingerprint density at radius 2 is 1.74 bits per heavy atom. The van der Waals surface area contributed by atoms with E-state index >= 15 is 0 Å². The Balaban J connectivity index is 1.23. The predicted octanol–water partition coefficient (Wildman–Crippen LogP) is 3.14. The maximum absolute atomic E-state index is 13.5. The van der Waals surface area contributed by atoms with Crippen LogP contribution in [-0.2, 0) is 22.6 Å². The van der Waals surface area contributed by atoms with Crippen LogP contribution in [0.15, 0.2) is 65.8 Å². The van der Waals surface area contributed by atoms with Crippen molar-refractivity contribution >= 4 is 28.7 Å². The number of rotatable bonds is 7. The van der Waals surface area contributed by atoms with Gasteiger partial charge in [-0.25, -0.2) is 0 Å². The number of amidine groups is 1. The number of thioether (sulfide) groups is 1. The second kappa shape index (κ2) is 10.5. The minimum Gasteiger partial charge on any atom is -0.351 e. The molecule has 2 aromatic carbocycles. The van der Waals surface area contributed by atoms with Gasteiger partial charge in [-0.2, -0.15) is 5.10 Å². The van der Waals surface area contributed by atoms with E-state index in [-0.39, 0.29) is 30.1 Å². The van der Waals surface area contributed by atoms with Gasteiger partial charge in [0, 0.05) is 19.1 Å². The van der Waals surface area contributed by atoms with Crippen molar-refractivity contribution in [1.82, 2.24) is 20.5 Å². The lowest BCUT2D eigenvalue weighted by Gasteiger charge is -2.50. The van der Waals surface area contributed by atoms with Crippen molar-refractivity contribution in [1.29, 1.82) is 0 Å². The molecule has 0 aromatic heterocycles. The van der Waals surface area contributed by atoms with Crippen LogP contribution in [0.2, 0.25) is 0 Å². The number of fused-ring (bicyclic) bond motifs is 3. The zero-order valence-electron chi connectivity index (χ0n) is 19.2. The van der Waals surface area contributed by atoms with Crippen molar-refractivity contribution in [3.8, 4) is 0 Å². The number of nitrogens with one attached hydrogen (secondary N) is 2. The van der Waals surface area contributed by atoms with E-state index in [9.17, 15) is 9.59 Å². The summed E-state index contributed by atoms with van der Waals surface area (Å²) in [5.41, 5.74) is 5.50. The van der Waals surface area contributed by atoms with Gasteiger partial charge >= 0.3 is 0 Å². The Morgan fingerprint density at radius 1 is 1.03 bits per heavy atom. The smallest absolute Gasteiger partial charge is 0.230 e. The number of amides is 2. The zero-order valence-corrected chi connectivity index (χ0v) is 20.0. The highest BCUT2D eigenvalue weighted by atomic mass is 32.2. The second-order valence-corrected chi connectivity index (χ2v) is 10.0. The summed E-state index contributed by atoms with van der Waals surface area (Å²) in [6.07, 6.45) is 4.65. The molecule has 5 rings (SSSR count). The first-order chi connectivity index (χ1) is 16.7. The molecule has 34 heavy (non-hydrogen) atoms. The molecule has 2 amide bonds. The van der Waals surface area contributed by atoms with Crippen LogP contribution in [0.5, 0.6) is 0 Å². The third-order valence-corrected chi connectivity index (χ3v) is 7.86. The number of hydrazone groups is 1. The summed E-state index contributed by atoms with van der Waals surface area (Å²) in [7, 11) is 0. The van der Waals surface area contributed by atoms with E-state index in [4.69, 9.17) is 0 Å². The molecule has 1 saturated heterocycles. The highest BCUT2D eigenvalue weighted by Crippen LogP contribution is 2.38. The number of carbonyl (C=O) groups excluding carboxylic acids is 2. The first-order valence-electron chi connectivity index (χ1n) is 12.1. The lowest BCUT2D eigenvalue weighted by Crippen LogP contribution is -2.67. The molecule has 1 saturated carbocycles. The fraction of sp³-hybridized carbons (Fsp3) is 0.423. The first-order valence-corrected chi connectivity index (χ1v) is 13.1. The summed E-state index contributed by atoms with van der Waals surface area (Å²) < 4.78 is 0. The van der Waals surface area contributed by atoms with Gasteiger partial charge in [-0.1, -0.05) is 85.3 Å². The summed E-state index contributed by atoms with van der Waals surface area (Å²) in [5, 5.41) is 8.38. The molecule has 8 heteroatoms. The van der Waals surface area contributed by atoms with E-state index < -0.39 is 0 Å². The monoisotopic (exact) mass is 477 g/mol. The standard InChI is InChI=1S/C26H31N5O2S/c32-23(27-17-20-11-5-2-6-12-20)18-34-26-29-28-25-30(16-15-19-9-3-1-4-10-19)24(33)21-13-7-8-14-22(21)31(25)26/h1-6,9-12,21-22,25,28H,7-8,13-18H2,(H,27,32). The van der Waals surface area contributed by atoms with Crippen molar-refractivity contribution in [2.75, 3.05) is 12.3 Å². The fourth-order valence-electron chi connectivity index (χ4n) is 5.16. The zero-order chi connectivity index (χ0) is 23.3. The van der Waals surface area contributed by atoms with Gasteiger partial charge in [0.2, 0.25) is 11.8 Å². The summed E-state index contributed by atoms with van der Waals surface area (Å²) in [6.45, 7) is 1.16. The maximum atomic E-state index is 13.5. The molecule has 3 unspecified atom stereocenters. The molecule has 178 valence electrons. The van der Waals surface area contributed by atoms with Crippen molar-refractivity contribution in [3.05, 3.63) is 71.8 Å². The Morgan fingerprint density at radius 3 is 2.50 bits per heavy atom. The summed E-state index contributed by atoms with van der Waals surface area (Å²) in [4.78, 5) is 30.2. The largest absolute Gasteiger partial charge is 0.351 e. The van der Waals surface area contributed by atoms with E-state index in [1.807, 2.05) is 53.4 Å². The first kappa shape index (κ1) is 22.8. The van der Waals surface area contributed by atoms with Crippen LogP contribution < -0.4 is 10.7 Å². The van der Waals surface area contributed by atoms with Crippen molar-refractivity contribution in [2.24, 2.45) is 11.0 Å². The molecule has 2 fully saturated rings. The van der Waals surface area contributed by atoms with Crippen LogP contribution in [0.1, 0.15) is 36.8 Å². The average molecular weight is 478 g/mol. The maximum Gasteiger partial charge on any atom is 0.230 e. The Bertz CT molecular complexity index is 1030. The van der Waals surface area contributed by atoms with Gasteiger partial charge in [-0.05, 0) is 30.4 Å². The van der Waals surface area contributed by atoms with Crippen LogP contribution in [0.3, 0.4) is 0 Å². The van der Waals surface area contributed by atoms with Crippen molar-refractivity contribution in [3.63, 3.8) is 0 Å². The third kappa shape index (κ3) is 4.92. The van der Waals surface area contributed by atoms with E-state index in [2.05, 4.69) is 32.9 Å². The van der Waals surface area contributed by atoms with Crippen LogP contribution >= 0.6 is 11.8 Å². The van der Waals surface area contributed by atoms with E-state index in [0.717, 1.165) is 42.8 Å². The predicted molar refractivity (Wildman–Crippen MR) is 135 cm³/mol. The van der Waals surface area contributed by atoms with Crippen molar-refractivity contribution < 1.29 is 9.59 Å². The Hall–Kier alpha value is -3.00. The lowest BCUT2D eigenvalue weighted by atomic mass is 9.81. The van der Waals surface area contributed by atoms with E-state index in [0.29, 0.717) is 18.8 Å². The van der Waals surface area contributed by atoms with Crippen molar-refractivity contribution in [2.45, 2.75) is 51.0 Å². The van der Waals surface area contributed by atoms with E-state index in [1.54, 1.807) is 0 Å². The van der Waals surface area contributed by atoms with Crippen LogP contribution in [-0.4, -0.2) is 51.4 Å². The van der Waals surface area contributed by atoms with Gasteiger partial charge in [-0.3, -0.25) is 15.0 Å². The third-order valence-electron chi connectivity index (χ3n) is 6.89. The summed E-state index contributed by atoms with van der Waals surface area (Å²) in [5.74, 6) is 0.510. The van der Waals surface area contributed by atoms with Gasteiger partial charge in [0.25, 0.3) is 0 Å². The van der Waals surface area contributed by atoms with E-state index in [1.165, 1.54) is 17.3 Å². The molecule has 0 spiro atoms. The number of nitrogens with zero attached hydrogens (tertiary/aromatic N) is 3. The Kier molecular flexibility index (Phi) is 7.04. The highest BCUT2D eigenvalue weighted by Gasteiger charge is 2.50. The SMILES string of the molecule is O=C(CSC1=NNC2N(CCc3ccccc3)C(=O)C3CCCCC3N12)NCc1ccccc1. The Labute approximate surface area is 205 Å². The molecule has 1 aliphatic carbocycles. The summed E-state index contributed by atoms with van der Waals surface area (Å²) in [6, 6.07) is 20.3. The molecular formula is C26H31N5O2S. The molecular weight excluding hydrogens is 446 g/mol. The van der Waals surface area contributed by atoms with Crippen LogP contribution in [0.25, 0.3) is 0 Å². The molecule has 3 atom stereocenters. The number of hydrogen-bond acceptors (Lipinski definition) is 6. The second-order valence-electron chi connectivity index (χ2n) is 9.08. The fourth-order valence-corrected chi connectivity index (χ4v) is 6.02. The lowest BCUT2D eigenvalue weighted by molar-refractivity contribution is -0.155. The highest BCUT2D eigenvalue weighted by molar-refractivity contribution is 8.14. The van der Waals surface area contributed by atoms with Gasteiger partial charge in [-0.15, -0.1) is 0 Å². The quantitative estimate of drug-likeness (QED) is 0.641. The van der Waals surface area contributed by atoms with Crippen LogP contribution in [0, 0.1) is 5.92 Å². The molecule has 2 N–H and O–H groups in total. The number of benzene rings is 2. The number of carbonyl (C=O) groups is 2. The normalized spacial score (nSPS) is 23.6. The molecule has 2 heterocycles. The molecule has 0 radical (unpaired) electrons. The summed E-state index contributed by atoms with van der Waals surface area (Å²) >= 11 is 1.45. The van der Waals surface area contributed by atoms with Gasteiger partial charge in [0.05, 0.1) is 11.7 Å². The van der Waals surface area contributed by atoms with Gasteiger partial charge in [0.15, 0.2) is 11.5 Å².